The van der Waals surface area contributed by atoms with Crippen molar-refractivity contribution in [2.45, 2.75) is 13.8 Å². The standard InChI is InChI=1S/C16H18N.BF4/c1-11-5-7-13-14-8-6-12(2)10-16(14)17(3,4)15(13)9-11;2-1(3,4)5/h5-10H,1-4H3;/q+1;-1. The van der Waals surface area contributed by atoms with E-state index in [1.54, 1.807) is 0 Å². The molecule has 22 heavy (non-hydrogen) atoms. The van der Waals surface area contributed by atoms with Gasteiger partial charge in [-0.15, -0.1) is 0 Å². The number of fused-ring (bicyclic) bond motifs is 3. The van der Waals surface area contributed by atoms with Crippen LogP contribution in [0.2, 0.25) is 0 Å². The van der Waals surface area contributed by atoms with Crippen LogP contribution in [0.15, 0.2) is 36.4 Å². The molecule has 0 radical (unpaired) electrons. The minimum atomic E-state index is -6.00. The fraction of sp³-hybridized carbons (Fsp3) is 0.250. The Kier molecular flexibility index (Phi) is 4.08. The van der Waals surface area contributed by atoms with Gasteiger partial charge in [0.25, 0.3) is 0 Å². The largest absolute Gasteiger partial charge is 0.673 e. The molecule has 1 aliphatic heterocycles. The van der Waals surface area contributed by atoms with Crippen molar-refractivity contribution >= 4 is 18.6 Å². The maximum absolute atomic E-state index is 9.75. The molecule has 0 unspecified atom stereocenters. The van der Waals surface area contributed by atoms with Gasteiger partial charge in [0.2, 0.25) is 0 Å². The van der Waals surface area contributed by atoms with E-state index in [1.165, 1.54) is 33.6 Å². The lowest BCUT2D eigenvalue weighted by Crippen LogP contribution is -2.32. The molecule has 1 nitrogen and oxygen atoms in total. The number of benzene rings is 2. The Bertz CT molecular complexity index is 648. The summed E-state index contributed by atoms with van der Waals surface area (Å²) in [5.41, 5.74) is 8.25. The van der Waals surface area contributed by atoms with E-state index < -0.39 is 7.25 Å². The van der Waals surface area contributed by atoms with E-state index >= 15 is 0 Å². The average molecular weight is 311 g/mol. The summed E-state index contributed by atoms with van der Waals surface area (Å²) >= 11 is 0. The maximum atomic E-state index is 9.75. The van der Waals surface area contributed by atoms with E-state index in [4.69, 9.17) is 0 Å². The van der Waals surface area contributed by atoms with Crippen molar-refractivity contribution in [3.8, 4) is 11.1 Å². The molecule has 0 atom stereocenters. The maximum Gasteiger partial charge on any atom is 0.673 e. The quantitative estimate of drug-likeness (QED) is 0.343. The highest BCUT2D eigenvalue weighted by atomic mass is 19.5. The van der Waals surface area contributed by atoms with Crippen LogP contribution in [-0.4, -0.2) is 21.3 Å². The van der Waals surface area contributed by atoms with Gasteiger partial charge < -0.3 is 17.3 Å². The minimum Gasteiger partial charge on any atom is -0.418 e. The van der Waals surface area contributed by atoms with Gasteiger partial charge >= 0.3 is 7.25 Å². The third-order valence-electron chi connectivity index (χ3n) is 3.80. The number of nitrogens with zero attached hydrogens (tertiary/aromatic N) is 1. The number of quaternary nitrogens is 1. The molecule has 3 rings (SSSR count). The van der Waals surface area contributed by atoms with Crippen LogP contribution < -0.4 is 4.48 Å². The summed E-state index contributed by atoms with van der Waals surface area (Å²) in [6.45, 7) is 4.32. The first-order valence-corrected chi connectivity index (χ1v) is 6.94. The van der Waals surface area contributed by atoms with Gasteiger partial charge in [0.1, 0.15) is 11.4 Å². The first-order chi connectivity index (χ1) is 10.00. The lowest BCUT2D eigenvalue weighted by Gasteiger charge is -2.25. The summed E-state index contributed by atoms with van der Waals surface area (Å²) < 4.78 is 39.9. The third-order valence-corrected chi connectivity index (χ3v) is 3.80. The highest BCUT2D eigenvalue weighted by molar-refractivity contribution is 6.50. The molecular formula is C16H18BF4N. The molecule has 0 bridgehead atoms. The van der Waals surface area contributed by atoms with Crippen molar-refractivity contribution in [1.82, 2.24) is 4.48 Å². The highest BCUT2D eigenvalue weighted by Gasteiger charge is 2.36. The minimum absolute atomic E-state index is 0.855. The fourth-order valence-corrected chi connectivity index (χ4v) is 2.79. The van der Waals surface area contributed by atoms with Gasteiger partial charge in [0.15, 0.2) is 0 Å². The van der Waals surface area contributed by atoms with E-state index in [1.807, 2.05) is 0 Å². The molecule has 0 fully saturated rings. The summed E-state index contributed by atoms with van der Waals surface area (Å²) in [6.07, 6.45) is 0. The molecule has 0 N–H and O–H groups in total. The molecule has 1 aliphatic rings. The van der Waals surface area contributed by atoms with Gasteiger partial charge in [-0.2, -0.15) is 0 Å². The van der Waals surface area contributed by atoms with Crippen LogP contribution in [0.3, 0.4) is 0 Å². The Hall–Kier alpha value is -1.82. The molecule has 6 heteroatoms. The Morgan fingerprint density at radius 3 is 1.36 bits per heavy atom. The van der Waals surface area contributed by atoms with E-state index in [9.17, 15) is 17.3 Å². The van der Waals surface area contributed by atoms with E-state index in [-0.39, 0.29) is 0 Å². The molecule has 0 amide bonds. The second kappa shape index (κ2) is 5.43. The Labute approximate surface area is 127 Å². The van der Waals surface area contributed by atoms with Crippen LogP contribution in [0, 0.1) is 13.8 Å². The molecule has 0 saturated heterocycles. The third kappa shape index (κ3) is 3.33. The van der Waals surface area contributed by atoms with E-state index in [0.29, 0.717) is 0 Å². The number of hydrogen-bond acceptors (Lipinski definition) is 0. The summed E-state index contributed by atoms with van der Waals surface area (Å²) in [5, 5.41) is 0. The second-order valence-electron chi connectivity index (χ2n) is 5.99. The van der Waals surface area contributed by atoms with Crippen LogP contribution in [0.25, 0.3) is 11.1 Å². The van der Waals surface area contributed by atoms with Gasteiger partial charge in [-0.3, -0.25) is 4.48 Å². The molecular weight excluding hydrogens is 293 g/mol. The van der Waals surface area contributed by atoms with Crippen molar-refractivity contribution in [3.63, 3.8) is 0 Å². The smallest absolute Gasteiger partial charge is 0.418 e. The summed E-state index contributed by atoms with van der Waals surface area (Å²) in [4.78, 5) is 0. The van der Waals surface area contributed by atoms with Crippen LogP contribution in [0.4, 0.5) is 28.6 Å². The van der Waals surface area contributed by atoms with Crippen LogP contribution in [-0.2, 0) is 0 Å². The fourth-order valence-electron chi connectivity index (χ4n) is 2.79. The zero-order valence-corrected chi connectivity index (χ0v) is 13.0. The SMILES string of the molecule is Cc1ccc2c(c1)[N+](C)(C)c1cc(C)ccc1-2.F[B-](F)(F)F. The van der Waals surface area contributed by atoms with Crippen molar-refractivity contribution in [2.75, 3.05) is 14.1 Å². The molecule has 0 aromatic heterocycles. The normalized spacial score (nSPS) is 14.7. The van der Waals surface area contributed by atoms with Crippen LogP contribution in [0.1, 0.15) is 11.1 Å². The predicted molar refractivity (Wildman–Crippen MR) is 84.8 cm³/mol. The second-order valence-corrected chi connectivity index (χ2v) is 5.99. The van der Waals surface area contributed by atoms with E-state index in [0.717, 1.165) is 4.48 Å². The topological polar surface area (TPSA) is 0 Å². The first kappa shape index (κ1) is 16.6. The predicted octanol–water partition coefficient (Wildman–Crippen LogP) is 5.48. The lowest BCUT2D eigenvalue weighted by atomic mass is 10.0. The van der Waals surface area contributed by atoms with Crippen LogP contribution in [0.5, 0.6) is 0 Å². The van der Waals surface area contributed by atoms with Gasteiger partial charge in [-0.1, -0.05) is 12.1 Å². The summed E-state index contributed by atoms with van der Waals surface area (Å²) in [7, 11) is -1.47. The summed E-state index contributed by atoms with van der Waals surface area (Å²) in [5.74, 6) is 0. The monoisotopic (exact) mass is 311 g/mol. The first-order valence-electron chi connectivity index (χ1n) is 6.94. The molecule has 2 aromatic rings. The van der Waals surface area contributed by atoms with Crippen molar-refractivity contribution in [1.29, 1.82) is 0 Å². The summed E-state index contributed by atoms with van der Waals surface area (Å²) in [6, 6.07) is 13.5. The average Bonchev–Trinajstić information content (AvgIpc) is 2.57. The van der Waals surface area contributed by atoms with Gasteiger partial charge in [-0.05, 0) is 37.1 Å². The molecule has 0 aliphatic carbocycles. The Balaban J connectivity index is 0.000000309. The highest BCUT2D eigenvalue weighted by Crippen LogP contribution is 2.51. The number of aryl methyl sites for hydroxylation is 2. The molecule has 0 saturated carbocycles. The van der Waals surface area contributed by atoms with Crippen molar-refractivity contribution in [3.05, 3.63) is 47.5 Å². The molecule has 2 aromatic carbocycles. The number of halogens is 4. The van der Waals surface area contributed by atoms with Crippen molar-refractivity contribution < 1.29 is 17.3 Å². The van der Waals surface area contributed by atoms with E-state index in [2.05, 4.69) is 64.3 Å². The zero-order chi connectivity index (χ0) is 16.7. The van der Waals surface area contributed by atoms with Gasteiger partial charge in [-0.25, -0.2) is 0 Å². The van der Waals surface area contributed by atoms with Crippen molar-refractivity contribution in [2.24, 2.45) is 0 Å². The molecule has 0 spiro atoms. The Morgan fingerprint density at radius 1 is 0.727 bits per heavy atom. The van der Waals surface area contributed by atoms with Crippen LogP contribution >= 0.6 is 0 Å². The molecule has 1 heterocycles. The lowest BCUT2D eigenvalue weighted by molar-refractivity contribution is 0.368. The Morgan fingerprint density at radius 2 is 1.05 bits per heavy atom. The number of rotatable bonds is 0. The van der Waals surface area contributed by atoms with Gasteiger partial charge in [0, 0.05) is 23.3 Å². The van der Waals surface area contributed by atoms with Gasteiger partial charge in [0.05, 0.1) is 14.1 Å². The number of hydrogen-bond donors (Lipinski definition) is 0. The zero-order valence-electron chi connectivity index (χ0n) is 13.0. The molecule has 118 valence electrons.